The van der Waals surface area contributed by atoms with Gasteiger partial charge < -0.3 is 19.7 Å². The van der Waals surface area contributed by atoms with E-state index < -0.39 is 0 Å². The maximum absolute atomic E-state index is 5.08. The minimum atomic E-state index is 0. The standard InChI is InChI=1S/C15H24N6O.HI/c1-3-16-15(18-9-12-21-10-4-5-11-21)17-8-6-7-14-19-13(2)20-22-14;/h4-5,10-11H,3,6-9,12H2,1-2H3,(H2,16,17,18);1H. The van der Waals surface area contributed by atoms with Crippen molar-refractivity contribution in [3.63, 3.8) is 0 Å². The number of guanidine groups is 1. The Balaban J connectivity index is 0.00000264. The van der Waals surface area contributed by atoms with Gasteiger partial charge in [-0.1, -0.05) is 5.16 Å². The maximum atomic E-state index is 5.08. The van der Waals surface area contributed by atoms with E-state index in [1.54, 1.807) is 0 Å². The smallest absolute Gasteiger partial charge is 0.226 e. The van der Waals surface area contributed by atoms with Gasteiger partial charge in [0.2, 0.25) is 5.89 Å². The second-order valence-electron chi connectivity index (χ2n) is 4.95. The van der Waals surface area contributed by atoms with Gasteiger partial charge >= 0.3 is 0 Å². The molecule has 23 heavy (non-hydrogen) atoms. The molecule has 2 rings (SSSR count). The molecule has 0 spiro atoms. The average molecular weight is 432 g/mol. The number of hydrogen-bond donors (Lipinski definition) is 2. The number of hydrogen-bond acceptors (Lipinski definition) is 4. The van der Waals surface area contributed by atoms with Gasteiger partial charge in [0, 0.05) is 45.0 Å². The Morgan fingerprint density at radius 2 is 2.09 bits per heavy atom. The zero-order valence-corrected chi connectivity index (χ0v) is 16.0. The summed E-state index contributed by atoms with van der Waals surface area (Å²) in [4.78, 5) is 8.73. The lowest BCUT2D eigenvalue weighted by Crippen LogP contribution is -2.38. The van der Waals surface area contributed by atoms with Crippen LogP contribution in [-0.4, -0.2) is 40.3 Å². The molecule has 0 unspecified atom stereocenters. The monoisotopic (exact) mass is 432 g/mol. The third-order valence-electron chi connectivity index (χ3n) is 3.06. The first kappa shape index (κ1) is 19.5. The molecule has 7 nitrogen and oxygen atoms in total. The topological polar surface area (TPSA) is 80.3 Å². The van der Waals surface area contributed by atoms with Crippen LogP contribution in [0.1, 0.15) is 25.1 Å². The number of nitrogens with zero attached hydrogens (tertiary/aromatic N) is 4. The van der Waals surface area contributed by atoms with Crippen molar-refractivity contribution in [3.8, 4) is 0 Å². The summed E-state index contributed by atoms with van der Waals surface area (Å²) >= 11 is 0. The molecule has 0 amide bonds. The fraction of sp³-hybridized carbons (Fsp3) is 0.533. The number of aromatic nitrogens is 3. The number of halogens is 1. The first-order valence-electron chi connectivity index (χ1n) is 7.70. The van der Waals surface area contributed by atoms with Crippen LogP contribution in [0.15, 0.2) is 34.0 Å². The molecular weight excluding hydrogens is 407 g/mol. The maximum Gasteiger partial charge on any atom is 0.226 e. The van der Waals surface area contributed by atoms with Crippen LogP contribution in [0, 0.1) is 6.92 Å². The molecule has 0 atom stereocenters. The molecule has 0 aromatic carbocycles. The summed E-state index contributed by atoms with van der Waals surface area (Å²) in [5, 5.41) is 10.3. The molecule has 0 saturated carbocycles. The van der Waals surface area contributed by atoms with Crippen LogP contribution in [-0.2, 0) is 13.0 Å². The van der Waals surface area contributed by atoms with Crippen LogP contribution in [0.4, 0.5) is 0 Å². The molecule has 0 aliphatic heterocycles. The highest BCUT2D eigenvalue weighted by Gasteiger charge is 2.02. The molecule has 128 valence electrons. The molecule has 8 heteroatoms. The predicted molar refractivity (Wildman–Crippen MR) is 101 cm³/mol. The van der Waals surface area contributed by atoms with Crippen molar-refractivity contribution in [2.75, 3.05) is 19.6 Å². The van der Waals surface area contributed by atoms with Crippen LogP contribution >= 0.6 is 24.0 Å². The zero-order chi connectivity index (χ0) is 15.6. The van der Waals surface area contributed by atoms with E-state index in [9.17, 15) is 0 Å². The summed E-state index contributed by atoms with van der Waals surface area (Å²) in [5.74, 6) is 2.20. The molecule has 2 aromatic heterocycles. The summed E-state index contributed by atoms with van der Waals surface area (Å²) in [6.07, 6.45) is 5.75. The molecule has 2 heterocycles. The fourth-order valence-electron chi connectivity index (χ4n) is 2.03. The van der Waals surface area contributed by atoms with Crippen LogP contribution in [0.2, 0.25) is 0 Å². The van der Waals surface area contributed by atoms with Crippen molar-refractivity contribution in [1.82, 2.24) is 25.3 Å². The molecular formula is C15H25IN6O. The zero-order valence-electron chi connectivity index (χ0n) is 13.7. The highest BCUT2D eigenvalue weighted by Crippen LogP contribution is 1.99. The van der Waals surface area contributed by atoms with E-state index in [2.05, 4.69) is 49.7 Å². The lowest BCUT2D eigenvalue weighted by atomic mass is 10.3. The van der Waals surface area contributed by atoms with E-state index in [1.807, 2.05) is 19.1 Å². The summed E-state index contributed by atoms with van der Waals surface area (Å²) in [7, 11) is 0. The Morgan fingerprint density at radius 1 is 1.30 bits per heavy atom. The van der Waals surface area contributed by atoms with Crippen LogP contribution in [0.3, 0.4) is 0 Å². The minimum Gasteiger partial charge on any atom is -0.357 e. The van der Waals surface area contributed by atoms with Crippen molar-refractivity contribution in [2.45, 2.75) is 33.2 Å². The van der Waals surface area contributed by atoms with Crippen LogP contribution in [0.5, 0.6) is 0 Å². The van der Waals surface area contributed by atoms with Gasteiger partial charge in [-0.3, -0.25) is 4.99 Å². The largest absolute Gasteiger partial charge is 0.357 e. The highest BCUT2D eigenvalue weighted by atomic mass is 127. The normalized spacial score (nSPS) is 11.1. The average Bonchev–Trinajstić information content (AvgIpc) is 3.15. The van der Waals surface area contributed by atoms with E-state index in [4.69, 9.17) is 4.52 Å². The van der Waals surface area contributed by atoms with Gasteiger partial charge in [0.1, 0.15) is 0 Å². The van der Waals surface area contributed by atoms with Crippen molar-refractivity contribution in [3.05, 3.63) is 36.2 Å². The Bertz CT molecular complexity index is 566. The Hall–Kier alpha value is -1.58. The first-order chi connectivity index (χ1) is 10.8. The van der Waals surface area contributed by atoms with E-state index in [-0.39, 0.29) is 24.0 Å². The number of aliphatic imine (C=N–C) groups is 1. The molecule has 2 aromatic rings. The molecule has 0 fully saturated rings. The van der Waals surface area contributed by atoms with E-state index in [1.165, 1.54) is 0 Å². The lowest BCUT2D eigenvalue weighted by molar-refractivity contribution is 0.372. The van der Waals surface area contributed by atoms with Gasteiger partial charge in [0.25, 0.3) is 0 Å². The van der Waals surface area contributed by atoms with Gasteiger partial charge in [-0.05, 0) is 32.4 Å². The fourth-order valence-corrected chi connectivity index (χ4v) is 2.03. The number of nitrogens with one attached hydrogen (secondary N) is 2. The third-order valence-corrected chi connectivity index (χ3v) is 3.06. The summed E-state index contributed by atoms with van der Waals surface area (Å²) in [6.45, 7) is 7.20. The van der Waals surface area contributed by atoms with Crippen molar-refractivity contribution in [1.29, 1.82) is 0 Å². The van der Waals surface area contributed by atoms with E-state index in [0.29, 0.717) is 11.7 Å². The van der Waals surface area contributed by atoms with E-state index >= 15 is 0 Å². The van der Waals surface area contributed by atoms with Crippen molar-refractivity contribution >= 4 is 29.9 Å². The van der Waals surface area contributed by atoms with Crippen molar-refractivity contribution in [2.24, 2.45) is 4.99 Å². The quantitative estimate of drug-likeness (QED) is 0.289. The molecule has 0 saturated heterocycles. The second-order valence-corrected chi connectivity index (χ2v) is 4.95. The van der Waals surface area contributed by atoms with Gasteiger partial charge in [-0.2, -0.15) is 4.98 Å². The molecule has 0 aliphatic rings. The number of rotatable bonds is 8. The predicted octanol–water partition coefficient (Wildman–Crippen LogP) is 1.99. The van der Waals surface area contributed by atoms with Crippen LogP contribution in [0.25, 0.3) is 0 Å². The minimum absolute atomic E-state index is 0. The van der Waals surface area contributed by atoms with Gasteiger partial charge in [-0.25, -0.2) is 0 Å². The molecule has 0 radical (unpaired) electrons. The summed E-state index contributed by atoms with van der Waals surface area (Å²) in [6, 6.07) is 4.05. The summed E-state index contributed by atoms with van der Waals surface area (Å²) in [5.41, 5.74) is 0. The third kappa shape index (κ3) is 7.49. The molecule has 2 N–H and O–H groups in total. The van der Waals surface area contributed by atoms with Gasteiger partial charge in [0.05, 0.1) is 0 Å². The summed E-state index contributed by atoms with van der Waals surface area (Å²) < 4.78 is 7.21. The lowest BCUT2D eigenvalue weighted by Gasteiger charge is -2.11. The van der Waals surface area contributed by atoms with Gasteiger partial charge in [0.15, 0.2) is 11.8 Å². The Kier molecular flexibility index (Phi) is 9.34. The van der Waals surface area contributed by atoms with Crippen molar-refractivity contribution < 1.29 is 4.52 Å². The van der Waals surface area contributed by atoms with E-state index in [0.717, 1.165) is 45.0 Å². The Morgan fingerprint density at radius 3 is 2.74 bits per heavy atom. The Labute approximate surface area is 154 Å². The molecule has 0 bridgehead atoms. The van der Waals surface area contributed by atoms with Gasteiger partial charge in [-0.15, -0.1) is 24.0 Å². The van der Waals surface area contributed by atoms with Crippen LogP contribution < -0.4 is 10.6 Å². The molecule has 0 aliphatic carbocycles. The second kappa shape index (κ2) is 11.0. The highest BCUT2D eigenvalue weighted by molar-refractivity contribution is 14.0. The SMILES string of the molecule is CCNC(=NCCCc1nc(C)no1)NCCn1cccc1.I. The number of aryl methyl sites for hydroxylation is 2. The first-order valence-corrected chi connectivity index (χ1v) is 7.70.